The number of thioether (sulfide) groups is 1. The lowest BCUT2D eigenvalue weighted by molar-refractivity contribution is -0.127. The number of carbonyl (C=O) groups excluding carboxylic acids is 3. The molecule has 11 heteroatoms. The highest BCUT2D eigenvalue weighted by Crippen LogP contribution is 2.37. The van der Waals surface area contributed by atoms with Crippen molar-refractivity contribution in [3.05, 3.63) is 18.2 Å². The molecule has 174 valence electrons. The molecule has 32 heavy (non-hydrogen) atoms. The first kappa shape index (κ1) is 23.1. The number of nitrogens with zero attached hydrogens (tertiary/aromatic N) is 3. The topological polar surface area (TPSA) is 107 Å². The van der Waals surface area contributed by atoms with Crippen LogP contribution in [0.25, 0.3) is 0 Å². The van der Waals surface area contributed by atoms with Crippen molar-refractivity contribution < 1.29 is 22.8 Å². The fourth-order valence-electron chi connectivity index (χ4n) is 4.23. The van der Waals surface area contributed by atoms with Gasteiger partial charge in [-0.1, -0.05) is 0 Å². The van der Waals surface area contributed by atoms with Gasteiger partial charge in [-0.25, -0.2) is 8.42 Å². The van der Waals surface area contributed by atoms with Gasteiger partial charge in [0.15, 0.2) is 0 Å². The maximum Gasteiger partial charge on any atom is 0.243 e. The summed E-state index contributed by atoms with van der Waals surface area (Å²) in [6.45, 7) is 2.63. The van der Waals surface area contributed by atoms with Crippen molar-refractivity contribution in [2.24, 2.45) is 0 Å². The van der Waals surface area contributed by atoms with E-state index in [4.69, 9.17) is 0 Å². The quantitative estimate of drug-likeness (QED) is 0.557. The third kappa shape index (κ3) is 4.94. The van der Waals surface area contributed by atoms with E-state index < -0.39 is 10.0 Å². The standard InChI is InChI=1S/C21H28N4O5S2/c26-19(22-8-4-10-23-9-3-5-20(23)27)14-25-17-13-16(6-7-18(17)31-15-21(25)28)32(29,30)24-11-1-2-12-24/h6-7,13H,1-5,8-12,14-15H2,(H,22,26). The number of rotatable bonds is 8. The minimum absolute atomic E-state index is 0.147. The van der Waals surface area contributed by atoms with Crippen LogP contribution in [0.2, 0.25) is 0 Å². The lowest BCUT2D eigenvalue weighted by atomic mass is 10.2. The van der Waals surface area contributed by atoms with Gasteiger partial charge in [-0.05, 0) is 43.9 Å². The molecule has 3 aliphatic rings. The minimum Gasteiger partial charge on any atom is -0.354 e. The van der Waals surface area contributed by atoms with Crippen LogP contribution >= 0.6 is 11.8 Å². The van der Waals surface area contributed by atoms with Crippen molar-refractivity contribution in [2.75, 3.05) is 49.9 Å². The van der Waals surface area contributed by atoms with Gasteiger partial charge in [0.1, 0.15) is 6.54 Å². The molecular formula is C21H28N4O5S2. The summed E-state index contributed by atoms with van der Waals surface area (Å²) < 4.78 is 27.4. The van der Waals surface area contributed by atoms with Crippen molar-refractivity contribution in [1.29, 1.82) is 0 Å². The van der Waals surface area contributed by atoms with E-state index in [2.05, 4.69) is 5.32 Å². The molecule has 0 bridgehead atoms. The van der Waals surface area contributed by atoms with Crippen LogP contribution in [-0.2, 0) is 24.4 Å². The van der Waals surface area contributed by atoms with E-state index >= 15 is 0 Å². The van der Waals surface area contributed by atoms with Crippen LogP contribution in [0.15, 0.2) is 28.0 Å². The van der Waals surface area contributed by atoms with Crippen LogP contribution in [0.1, 0.15) is 32.1 Å². The molecule has 0 saturated carbocycles. The molecule has 1 aromatic carbocycles. The molecule has 0 aromatic heterocycles. The Morgan fingerprint density at radius 1 is 1.06 bits per heavy atom. The first-order valence-corrected chi connectivity index (χ1v) is 13.4. The predicted octanol–water partition coefficient (Wildman–Crippen LogP) is 1.04. The highest BCUT2D eigenvalue weighted by Gasteiger charge is 2.31. The van der Waals surface area contributed by atoms with Crippen molar-refractivity contribution in [2.45, 2.75) is 41.9 Å². The molecule has 0 aliphatic carbocycles. The zero-order valence-electron chi connectivity index (χ0n) is 17.9. The van der Waals surface area contributed by atoms with Crippen LogP contribution in [0, 0.1) is 0 Å². The molecule has 1 aromatic rings. The molecule has 0 atom stereocenters. The van der Waals surface area contributed by atoms with Crippen LogP contribution < -0.4 is 10.2 Å². The number of sulfonamides is 1. The van der Waals surface area contributed by atoms with E-state index in [1.807, 2.05) is 0 Å². The van der Waals surface area contributed by atoms with Crippen LogP contribution in [0.4, 0.5) is 5.69 Å². The first-order chi connectivity index (χ1) is 15.4. The number of hydrogen-bond donors (Lipinski definition) is 1. The molecule has 2 saturated heterocycles. The SMILES string of the molecule is O=C(CN1C(=O)CSc2ccc(S(=O)(=O)N3CCCC3)cc21)NCCCN1CCCC1=O. The third-order valence-electron chi connectivity index (χ3n) is 5.98. The van der Waals surface area contributed by atoms with E-state index in [-0.39, 0.29) is 34.9 Å². The molecule has 3 amide bonds. The Morgan fingerprint density at radius 2 is 1.84 bits per heavy atom. The first-order valence-electron chi connectivity index (χ1n) is 11.0. The molecule has 3 aliphatic heterocycles. The van der Waals surface area contributed by atoms with Crippen LogP contribution in [0.5, 0.6) is 0 Å². The fourth-order valence-corrected chi connectivity index (χ4v) is 6.68. The molecular weight excluding hydrogens is 452 g/mol. The number of hydrogen-bond acceptors (Lipinski definition) is 6. The van der Waals surface area contributed by atoms with E-state index in [9.17, 15) is 22.8 Å². The average molecular weight is 481 g/mol. The Kier molecular flexibility index (Phi) is 7.06. The monoisotopic (exact) mass is 480 g/mol. The van der Waals surface area contributed by atoms with E-state index in [0.29, 0.717) is 44.7 Å². The Morgan fingerprint density at radius 3 is 2.56 bits per heavy atom. The molecule has 3 heterocycles. The van der Waals surface area contributed by atoms with E-state index in [1.165, 1.54) is 27.0 Å². The number of benzene rings is 1. The van der Waals surface area contributed by atoms with Gasteiger partial charge in [0.2, 0.25) is 27.7 Å². The van der Waals surface area contributed by atoms with Crippen molar-refractivity contribution in [3.63, 3.8) is 0 Å². The van der Waals surface area contributed by atoms with Gasteiger partial charge >= 0.3 is 0 Å². The van der Waals surface area contributed by atoms with E-state index in [0.717, 1.165) is 30.7 Å². The highest BCUT2D eigenvalue weighted by molar-refractivity contribution is 8.00. The zero-order valence-corrected chi connectivity index (χ0v) is 19.5. The molecule has 1 N–H and O–H groups in total. The molecule has 0 radical (unpaired) electrons. The van der Waals surface area contributed by atoms with Crippen molar-refractivity contribution >= 4 is 45.2 Å². The van der Waals surface area contributed by atoms with Gasteiger partial charge < -0.3 is 15.1 Å². The normalized spacial score (nSPS) is 19.5. The summed E-state index contributed by atoms with van der Waals surface area (Å²) in [7, 11) is -3.62. The zero-order chi connectivity index (χ0) is 22.7. The summed E-state index contributed by atoms with van der Waals surface area (Å²) in [6, 6.07) is 4.81. The second-order valence-corrected chi connectivity index (χ2v) is 11.2. The summed E-state index contributed by atoms with van der Waals surface area (Å²) in [4.78, 5) is 40.8. The Labute approximate surface area is 192 Å². The van der Waals surface area contributed by atoms with Gasteiger partial charge in [0.05, 0.1) is 16.3 Å². The molecule has 0 spiro atoms. The second kappa shape index (κ2) is 9.80. The van der Waals surface area contributed by atoms with Crippen molar-refractivity contribution in [3.8, 4) is 0 Å². The Bertz CT molecular complexity index is 1010. The highest BCUT2D eigenvalue weighted by atomic mass is 32.2. The van der Waals surface area contributed by atoms with Gasteiger partial charge in [0.25, 0.3) is 0 Å². The summed E-state index contributed by atoms with van der Waals surface area (Å²) in [5.74, 6) is -0.174. The predicted molar refractivity (Wildman–Crippen MR) is 121 cm³/mol. The van der Waals surface area contributed by atoms with Gasteiger partial charge in [-0.15, -0.1) is 11.8 Å². The largest absolute Gasteiger partial charge is 0.354 e. The number of nitrogens with one attached hydrogen (secondary N) is 1. The van der Waals surface area contributed by atoms with Gasteiger partial charge in [-0.3, -0.25) is 14.4 Å². The number of amides is 3. The molecule has 2 fully saturated rings. The lowest BCUT2D eigenvalue weighted by Crippen LogP contribution is -2.44. The molecule has 4 rings (SSSR count). The Hall–Kier alpha value is -2.11. The average Bonchev–Trinajstić information content (AvgIpc) is 3.45. The number of likely N-dealkylation sites (tertiary alicyclic amines) is 1. The fraction of sp³-hybridized carbons (Fsp3) is 0.571. The summed E-state index contributed by atoms with van der Waals surface area (Å²) in [5, 5.41) is 2.81. The molecule has 9 nitrogen and oxygen atoms in total. The summed E-state index contributed by atoms with van der Waals surface area (Å²) in [5.41, 5.74) is 0.462. The van der Waals surface area contributed by atoms with Crippen LogP contribution in [0.3, 0.4) is 0 Å². The third-order valence-corrected chi connectivity index (χ3v) is 8.92. The van der Waals surface area contributed by atoms with Crippen LogP contribution in [-0.4, -0.2) is 80.4 Å². The number of carbonyl (C=O) groups is 3. The summed E-state index contributed by atoms with van der Waals surface area (Å²) in [6.07, 6.45) is 3.81. The lowest BCUT2D eigenvalue weighted by Gasteiger charge is -2.29. The minimum atomic E-state index is -3.62. The summed E-state index contributed by atoms with van der Waals surface area (Å²) >= 11 is 1.35. The van der Waals surface area contributed by atoms with Gasteiger partial charge in [-0.2, -0.15) is 4.31 Å². The second-order valence-electron chi connectivity index (χ2n) is 8.20. The van der Waals surface area contributed by atoms with Crippen molar-refractivity contribution in [1.82, 2.24) is 14.5 Å². The van der Waals surface area contributed by atoms with E-state index in [1.54, 1.807) is 17.0 Å². The maximum absolute atomic E-state index is 12.9. The Balaban J connectivity index is 1.40. The maximum atomic E-state index is 12.9. The molecule has 0 unspecified atom stereocenters. The number of fused-ring (bicyclic) bond motifs is 1. The van der Waals surface area contributed by atoms with Gasteiger partial charge in [0, 0.05) is 44.0 Å². The smallest absolute Gasteiger partial charge is 0.243 e. The number of anilines is 1.